The van der Waals surface area contributed by atoms with Gasteiger partial charge in [0.2, 0.25) is 5.91 Å². The molecular formula is C12H23N3O3. The number of ether oxygens (including phenoxy) is 1. The molecule has 0 radical (unpaired) electrons. The van der Waals surface area contributed by atoms with E-state index in [-0.39, 0.29) is 24.5 Å². The molecule has 0 aliphatic carbocycles. The van der Waals surface area contributed by atoms with Crippen molar-refractivity contribution < 1.29 is 14.3 Å². The molecule has 1 heterocycles. The summed E-state index contributed by atoms with van der Waals surface area (Å²) in [6.07, 6.45) is 1.88. The molecule has 0 aromatic heterocycles. The summed E-state index contributed by atoms with van der Waals surface area (Å²) in [4.78, 5) is 25.2. The smallest absolute Gasteiger partial charge is 0.320 e. The van der Waals surface area contributed by atoms with Crippen molar-refractivity contribution in [3.8, 4) is 0 Å². The zero-order valence-electron chi connectivity index (χ0n) is 11.2. The summed E-state index contributed by atoms with van der Waals surface area (Å²) in [6.45, 7) is 4.74. The first-order valence-corrected chi connectivity index (χ1v) is 6.51. The second-order valence-electron chi connectivity index (χ2n) is 4.38. The van der Waals surface area contributed by atoms with Gasteiger partial charge in [0, 0.05) is 26.7 Å². The number of hydrogen-bond acceptors (Lipinski definition) is 5. The molecule has 6 nitrogen and oxygen atoms in total. The first kappa shape index (κ1) is 14.9. The molecule has 2 N–H and O–H groups in total. The highest BCUT2D eigenvalue weighted by Crippen LogP contribution is 2.04. The van der Waals surface area contributed by atoms with E-state index < -0.39 is 0 Å². The van der Waals surface area contributed by atoms with Crippen molar-refractivity contribution in [2.24, 2.45) is 0 Å². The number of carbonyl (C=O) groups excluding carboxylic acids is 2. The number of carbonyl (C=O) groups is 2. The fraction of sp³-hybridized carbons (Fsp3) is 0.833. The van der Waals surface area contributed by atoms with E-state index in [1.165, 1.54) is 0 Å². The van der Waals surface area contributed by atoms with Gasteiger partial charge in [0.25, 0.3) is 0 Å². The Balaban J connectivity index is 2.41. The summed E-state index contributed by atoms with van der Waals surface area (Å²) in [5.41, 5.74) is 0. The van der Waals surface area contributed by atoms with Gasteiger partial charge < -0.3 is 15.4 Å². The van der Waals surface area contributed by atoms with E-state index in [0.29, 0.717) is 19.7 Å². The first-order chi connectivity index (χ1) is 8.69. The molecule has 1 unspecified atom stereocenters. The Morgan fingerprint density at radius 2 is 2.28 bits per heavy atom. The van der Waals surface area contributed by atoms with E-state index in [4.69, 9.17) is 4.74 Å². The van der Waals surface area contributed by atoms with Crippen LogP contribution in [0.5, 0.6) is 0 Å². The lowest BCUT2D eigenvalue weighted by molar-refractivity contribution is -0.146. The summed E-state index contributed by atoms with van der Waals surface area (Å²) in [7, 11) is 1.61. The lowest BCUT2D eigenvalue weighted by Gasteiger charge is -2.33. The van der Waals surface area contributed by atoms with E-state index in [0.717, 1.165) is 19.4 Å². The van der Waals surface area contributed by atoms with Gasteiger partial charge in [0.05, 0.1) is 13.2 Å². The van der Waals surface area contributed by atoms with Gasteiger partial charge in [-0.1, -0.05) is 13.3 Å². The van der Waals surface area contributed by atoms with Crippen molar-refractivity contribution in [3.63, 3.8) is 0 Å². The van der Waals surface area contributed by atoms with Gasteiger partial charge in [0.1, 0.15) is 6.04 Å². The van der Waals surface area contributed by atoms with Crippen LogP contribution in [0.1, 0.15) is 19.8 Å². The lowest BCUT2D eigenvalue weighted by Crippen LogP contribution is -2.58. The minimum absolute atomic E-state index is 0.0661. The third-order valence-electron chi connectivity index (χ3n) is 3.00. The van der Waals surface area contributed by atoms with Crippen LogP contribution in [0.4, 0.5) is 0 Å². The molecule has 104 valence electrons. The topological polar surface area (TPSA) is 70.7 Å². The average Bonchev–Trinajstić information content (AvgIpc) is 2.39. The van der Waals surface area contributed by atoms with Crippen LogP contribution >= 0.6 is 0 Å². The van der Waals surface area contributed by atoms with Gasteiger partial charge in [-0.3, -0.25) is 14.5 Å². The fourth-order valence-corrected chi connectivity index (χ4v) is 1.90. The molecule has 0 spiro atoms. The maximum Gasteiger partial charge on any atom is 0.320 e. The van der Waals surface area contributed by atoms with Gasteiger partial charge >= 0.3 is 5.97 Å². The quantitative estimate of drug-likeness (QED) is 0.489. The number of rotatable bonds is 6. The third kappa shape index (κ3) is 4.62. The maximum absolute atomic E-state index is 11.7. The molecule has 18 heavy (non-hydrogen) atoms. The summed E-state index contributed by atoms with van der Waals surface area (Å²) < 4.78 is 5.11. The van der Waals surface area contributed by atoms with Gasteiger partial charge in [-0.25, -0.2) is 0 Å². The van der Waals surface area contributed by atoms with Crippen molar-refractivity contribution >= 4 is 11.9 Å². The lowest BCUT2D eigenvalue weighted by atomic mass is 10.2. The number of piperazine rings is 1. The van der Waals surface area contributed by atoms with Crippen LogP contribution in [0.15, 0.2) is 0 Å². The summed E-state index contributed by atoms with van der Waals surface area (Å²) in [5.74, 6) is -0.317. The van der Waals surface area contributed by atoms with E-state index >= 15 is 0 Å². The van der Waals surface area contributed by atoms with Crippen molar-refractivity contribution in [3.05, 3.63) is 0 Å². The molecular weight excluding hydrogens is 234 g/mol. The molecule has 0 saturated carbocycles. The van der Waals surface area contributed by atoms with Gasteiger partial charge in [-0.05, 0) is 6.42 Å². The van der Waals surface area contributed by atoms with Crippen LogP contribution in [0.2, 0.25) is 0 Å². The Kier molecular flexibility index (Phi) is 6.67. The fourth-order valence-electron chi connectivity index (χ4n) is 1.90. The number of nitrogens with zero attached hydrogens (tertiary/aromatic N) is 1. The Bertz CT molecular complexity index is 284. The second-order valence-corrected chi connectivity index (χ2v) is 4.38. The van der Waals surface area contributed by atoms with Crippen molar-refractivity contribution in [1.82, 2.24) is 15.5 Å². The predicted molar refractivity (Wildman–Crippen MR) is 68.2 cm³/mol. The monoisotopic (exact) mass is 257 g/mol. The molecule has 0 bridgehead atoms. The van der Waals surface area contributed by atoms with Gasteiger partial charge in [-0.15, -0.1) is 0 Å². The Hall–Kier alpha value is -1.14. The Morgan fingerprint density at radius 3 is 2.94 bits per heavy atom. The highest BCUT2D eigenvalue weighted by atomic mass is 16.5. The van der Waals surface area contributed by atoms with Crippen LogP contribution in [0.25, 0.3) is 0 Å². The maximum atomic E-state index is 11.7. The normalized spacial score (nSPS) is 20.4. The predicted octanol–water partition coefficient (Wildman–Crippen LogP) is -0.650. The Morgan fingerprint density at radius 1 is 1.50 bits per heavy atom. The van der Waals surface area contributed by atoms with Gasteiger partial charge in [0.15, 0.2) is 0 Å². The molecule has 1 atom stereocenters. The van der Waals surface area contributed by atoms with Crippen LogP contribution < -0.4 is 10.6 Å². The molecule has 1 aliphatic heterocycles. The number of esters is 1. The van der Waals surface area contributed by atoms with E-state index in [9.17, 15) is 9.59 Å². The highest BCUT2D eigenvalue weighted by Gasteiger charge is 2.29. The van der Waals surface area contributed by atoms with Crippen LogP contribution in [0, 0.1) is 0 Å². The molecule has 1 saturated heterocycles. The molecule has 0 aromatic carbocycles. The van der Waals surface area contributed by atoms with Crippen molar-refractivity contribution in [1.29, 1.82) is 0 Å². The number of nitrogens with one attached hydrogen (secondary N) is 2. The standard InChI is InChI=1S/C12H23N3O3/c1-3-4-7-18-11(16)9-15-6-5-14-8-10(15)12(17)13-2/h10,14H,3-9H2,1-2H3,(H,13,17). The van der Waals surface area contributed by atoms with Crippen LogP contribution in [-0.4, -0.2) is 62.7 Å². The molecule has 0 aromatic rings. The highest BCUT2D eigenvalue weighted by molar-refractivity contribution is 5.82. The molecule has 1 amide bonds. The third-order valence-corrected chi connectivity index (χ3v) is 3.00. The first-order valence-electron chi connectivity index (χ1n) is 6.51. The Labute approximate surface area is 108 Å². The molecule has 1 aliphatic rings. The van der Waals surface area contributed by atoms with E-state index in [1.807, 2.05) is 11.8 Å². The summed E-state index contributed by atoms with van der Waals surface area (Å²) in [6, 6.07) is -0.289. The molecule has 1 rings (SSSR count). The minimum atomic E-state index is -0.289. The van der Waals surface area contributed by atoms with Crippen molar-refractivity contribution in [2.45, 2.75) is 25.8 Å². The zero-order valence-corrected chi connectivity index (χ0v) is 11.2. The summed E-state index contributed by atoms with van der Waals surface area (Å²) in [5, 5.41) is 5.77. The SMILES string of the molecule is CCCCOC(=O)CN1CCNCC1C(=O)NC. The largest absolute Gasteiger partial charge is 0.465 e. The number of unbranched alkanes of at least 4 members (excludes halogenated alkanes) is 1. The second kappa shape index (κ2) is 8.05. The zero-order chi connectivity index (χ0) is 13.4. The molecule has 6 heteroatoms. The van der Waals surface area contributed by atoms with E-state index in [1.54, 1.807) is 7.05 Å². The average molecular weight is 257 g/mol. The van der Waals surface area contributed by atoms with Crippen LogP contribution in [0.3, 0.4) is 0 Å². The number of likely N-dealkylation sites (N-methyl/N-ethyl adjacent to an activating group) is 1. The summed E-state index contributed by atoms with van der Waals surface area (Å²) >= 11 is 0. The van der Waals surface area contributed by atoms with Gasteiger partial charge in [-0.2, -0.15) is 0 Å². The van der Waals surface area contributed by atoms with Crippen LogP contribution in [-0.2, 0) is 14.3 Å². The van der Waals surface area contributed by atoms with Crippen molar-refractivity contribution in [2.75, 3.05) is 39.8 Å². The molecule has 1 fully saturated rings. The van der Waals surface area contributed by atoms with E-state index in [2.05, 4.69) is 10.6 Å². The minimum Gasteiger partial charge on any atom is -0.465 e. The number of hydrogen-bond donors (Lipinski definition) is 2. The number of amides is 1.